The summed E-state index contributed by atoms with van der Waals surface area (Å²) >= 11 is 0. The van der Waals surface area contributed by atoms with Crippen LogP contribution in [0.25, 0.3) is 0 Å². The molecule has 0 saturated carbocycles. The van der Waals surface area contributed by atoms with Gasteiger partial charge in [-0.15, -0.1) is 0 Å². The first-order valence-corrected chi connectivity index (χ1v) is 13.0. The largest absolute Gasteiger partial charge is 0.462 e. The number of halogens is 1. The molecule has 12 heteroatoms. The molecule has 1 aliphatic rings. The highest BCUT2D eigenvalue weighted by Crippen LogP contribution is 2.38. The van der Waals surface area contributed by atoms with Crippen LogP contribution in [0.2, 0.25) is 0 Å². The fourth-order valence-corrected chi connectivity index (χ4v) is 4.18. The minimum absolute atomic E-state index is 0.0147. The summed E-state index contributed by atoms with van der Waals surface area (Å²) < 4.78 is 38.0. The first kappa shape index (κ1) is 29.6. The van der Waals surface area contributed by atoms with Gasteiger partial charge in [-0.25, -0.2) is 14.3 Å². The van der Waals surface area contributed by atoms with Gasteiger partial charge in [0, 0.05) is 18.2 Å². The predicted octanol–water partition coefficient (Wildman–Crippen LogP) is 3.75. The summed E-state index contributed by atoms with van der Waals surface area (Å²) in [6, 6.07) is 8.88. The Hall–Kier alpha value is -2.59. The number of nitrogens with one attached hydrogen (secondary N) is 2. The van der Waals surface area contributed by atoms with E-state index in [0.717, 1.165) is 4.57 Å². The topological polar surface area (TPSA) is 121 Å². The van der Waals surface area contributed by atoms with Crippen molar-refractivity contribution < 1.29 is 27.7 Å². The summed E-state index contributed by atoms with van der Waals surface area (Å²) in [6.45, 7) is 9.07. The summed E-state index contributed by atoms with van der Waals surface area (Å²) in [5.74, 6) is 0.0590. The van der Waals surface area contributed by atoms with E-state index in [2.05, 4.69) is 23.9 Å². The van der Waals surface area contributed by atoms with Gasteiger partial charge in [-0.05, 0) is 32.9 Å². The quantitative estimate of drug-likeness (QED) is 0.354. The summed E-state index contributed by atoms with van der Waals surface area (Å²) in [6.07, 6.45) is -1.08. The predicted molar refractivity (Wildman–Crippen MR) is 135 cm³/mol. The SMILES string of the molecule is CCC.Cc1cn(C2OC(COP(NCC(=O)OC(C)C)Oc3ccccc3)CC2F)c(=O)[nH]c1=O. The highest BCUT2D eigenvalue weighted by molar-refractivity contribution is 7.45. The van der Waals surface area contributed by atoms with E-state index >= 15 is 0 Å². The van der Waals surface area contributed by atoms with E-state index < -0.39 is 44.2 Å². The van der Waals surface area contributed by atoms with E-state index in [4.69, 9.17) is 18.5 Å². The van der Waals surface area contributed by atoms with Crippen LogP contribution in [0.15, 0.2) is 46.1 Å². The molecular weight excluding hydrogens is 492 g/mol. The van der Waals surface area contributed by atoms with Gasteiger partial charge in [0.05, 0.1) is 18.8 Å². The molecule has 1 aromatic heterocycles. The molecule has 0 radical (unpaired) electrons. The zero-order valence-electron chi connectivity index (χ0n) is 21.2. The lowest BCUT2D eigenvalue weighted by Gasteiger charge is -2.21. The number of aromatic nitrogens is 2. The van der Waals surface area contributed by atoms with Crippen LogP contribution < -0.4 is 20.9 Å². The number of aromatic amines is 1. The van der Waals surface area contributed by atoms with E-state index in [9.17, 15) is 18.8 Å². The Bertz CT molecular complexity index is 1060. The highest BCUT2D eigenvalue weighted by Gasteiger charge is 2.38. The number of carbonyl (C=O) groups is 1. The molecule has 0 spiro atoms. The molecule has 2 aromatic rings. The average Bonchev–Trinajstić information content (AvgIpc) is 3.19. The third-order valence-corrected chi connectivity index (χ3v) is 5.75. The maximum Gasteiger partial charge on any atom is 0.330 e. The maximum absolute atomic E-state index is 14.6. The van der Waals surface area contributed by atoms with Crippen molar-refractivity contribution in [3.8, 4) is 5.75 Å². The molecule has 3 rings (SSSR count). The van der Waals surface area contributed by atoms with Gasteiger partial charge in [-0.1, -0.05) is 38.5 Å². The Labute approximate surface area is 211 Å². The van der Waals surface area contributed by atoms with Crippen molar-refractivity contribution in [1.29, 1.82) is 0 Å². The molecule has 4 atom stereocenters. The minimum Gasteiger partial charge on any atom is -0.462 e. The van der Waals surface area contributed by atoms with Crippen molar-refractivity contribution in [2.24, 2.45) is 0 Å². The number of aryl methyl sites for hydroxylation is 1. The number of para-hydroxylation sites is 1. The van der Waals surface area contributed by atoms with Crippen LogP contribution in [0.4, 0.5) is 4.39 Å². The molecule has 1 aromatic carbocycles. The minimum atomic E-state index is -1.78. The molecule has 10 nitrogen and oxygen atoms in total. The molecule has 1 fully saturated rings. The zero-order valence-corrected chi connectivity index (χ0v) is 22.1. The van der Waals surface area contributed by atoms with E-state index in [1.807, 2.05) is 6.07 Å². The van der Waals surface area contributed by atoms with Crippen LogP contribution in [0.3, 0.4) is 0 Å². The van der Waals surface area contributed by atoms with Crippen molar-refractivity contribution >= 4 is 14.5 Å². The van der Waals surface area contributed by atoms with Gasteiger partial charge in [0.2, 0.25) is 0 Å². The molecule has 0 aliphatic carbocycles. The Balaban J connectivity index is 0.00000145. The van der Waals surface area contributed by atoms with E-state index in [0.29, 0.717) is 5.75 Å². The number of hydrogen-bond acceptors (Lipinski definition) is 8. The molecular formula is C24H35FN3O7P. The second kappa shape index (κ2) is 14.8. The van der Waals surface area contributed by atoms with Crippen LogP contribution >= 0.6 is 8.53 Å². The van der Waals surface area contributed by atoms with Crippen molar-refractivity contribution in [2.45, 2.75) is 72.1 Å². The number of nitrogens with zero attached hydrogens (tertiary/aromatic N) is 1. The van der Waals surface area contributed by atoms with Crippen LogP contribution in [0, 0.1) is 6.92 Å². The molecule has 1 aliphatic heterocycles. The molecule has 2 N–H and O–H groups in total. The molecule has 36 heavy (non-hydrogen) atoms. The van der Waals surface area contributed by atoms with Crippen LogP contribution in [-0.4, -0.2) is 47.1 Å². The van der Waals surface area contributed by atoms with Gasteiger partial charge in [0.15, 0.2) is 6.23 Å². The van der Waals surface area contributed by atoms with Crippen LogP contribution in [-0.2, 0) is 18.8 Å². The number of rotatable bonds is 10. The lowest BCUT2D eigenvalue weighted by molar-refractivity contribution is -0.145. The number of ether oxygens (including phenoxy) is 2. The van der Waals surface area contributed by atoms with Crippen molar-refractivity contribution in [3.63, 3.8) is 0 Å². The van der Waals surface area contributed by atoms with Crippen molar-refractivity contribution in [2.75, 3.05) is 13.2 Å². The molecule has 0 bridgehead atoms. The maximum atomic E-state index is 14.6. The second-order valence-electron chi connectivity index (χ2n) is 8.42. The van der Waals surface area contributed by atoms with E-state index in [1.54, 1.807) is 38.1 Å². The Morgan fingerprint density at radius 2 is 1.94 bits per heavy atom. The second-order valence-corrected chi connectivity index (χ2v) is 9.69. The van der Waals surface area contributed by atoms with Crippen LogP contribution in [0.5, 0.6) is 5.75 Å². The molecule has 1 saturated heterocycles. The van der Waals surface area contributed by atoms with Gasteiger partial charge in [0.1, 0.15) is 18.5 Å². The monoisotopic (exact) mass is 527 g/mol. The number of H-pyrrole nitrogens is 1. The Kier molecular flexibility index (Phi) is 12.2. The zero-order chi connectivity index (χ0) is 26.7. The fraction of sp³-hybridized carbons (Fsp3) is 0.542. The number of alkyl halides is 1. The van der Waals surface area contributed by atoms with Crippen molar-refractivity contribution in [3.05, 3.63) is 62.9 Å². The molecule has 2 heterocycles. The standard InChI is InChI=1S/C21H27FN3O7P.C3H8/c1-13(2)30-18(26)10-23-33(32-15-7-5-4-6-8-15)29-12-16-9-17(22)20(31-16)25-11-14(3)19(27)24-21(25)28;1-3-2/h4-8,11,13,16-17,20,23H,9-10,12H2,1-3H3,(H,24,27,28);3H2,1-2H3. The summed E-state index contributed by atoms with van der Waals surface area (Å²) in [7, 11) is -1.78. The summed E-state index contributed by atoms with van der Waals surface area (Å²) in [5.41, 5.74) is -1.02. The number of benzene rings is 1. The lowest BCUT2D eigenvalue weighted by Crippen LogP contribution is -2.35. The lowest BCUT2D eigenvalue weighted by atomic mass is 10.2. The fourth-order valence-electron chi connectivity index (χ4n) is 3.09. The Morgan fingerprint density at radius 1 is 1.28 bits per heavy atom. The van der Waals surface area contributed by atoms with Crippen LogP contribution in [0.1, 0.15) is 52.3 Å². The Morgan fingerprint density at radius 3 is 2.58 bits per heavy atom. The third kappa shape index (κ3) is 9.46. The van der Waals surface area contributed by atoms with E-state index in [-0.39, 0.29) is 31.2 Å². The summed E-state index contributed by atoms with van der Waals surface area (Å²) in [5, 5.41) is 2.88. The van der Waals surface area contributed by atoms with Gasteiger partial charge >= 0.3 is 20.2 Å². The summed E-state index contributed by atoms with van der Waals surface area (Å²) in [4.78, 5) is 37.7. The molecule has 4 unspecified atom stereocenters. The first-order valence-electron chi connectivity index (χ1n) is 11.8. The van der Waals surface area contributed by atoms with Crippen molar-refractivity contribution in [1.82, 2.24) is 14.6 Å². The first-order chi connectivity index (χ1) is 17.1. The third-order valence-electron chi connectivity index (χ3n) is 4.58. The molecule has 200 valence electrons. The van der Waals surface area contributed by atoms with Gasteiger partial charge < -0.3 is 18.5 Å². The molecule has 0 amide bonds. The average molecular weight is 528 g/mol. The number of carbonyl (C=O) groups excluding carboxylic acids is 1. The number of hydrogen-bond donors (Lipinski definition) is 2. The van der Waals surface area contributed by atoms with Gasteiger partial charge in [-0.2, -0.15) is 0 Å². The van der Waals surface area contributed by atoms with E-state index in [1.165, 1.54) is 19.5 Å². The normalized spacial score (nSPS) is 19.9. The van der Waals surface area contributed by atoms with Gasteiger partial charge in [0.25, 0.3) is 5.56 Å². The smallest absolute Gasteiger partial charge is 0.330 e. The number of esters is 1. The highest BCUT2D eigenvalue weighted by atomic mass is 31.2. The van der Waals surface area contributed by atoms with Gasteiger partial charge in [-0.3, -0.25) is 19.1 Å².